The van der Waals surface area contributed by atoms with E-state index in [1.807, 2.05) is 0 Å². The van der Waals surface area contributed by atoms with Gasteiger partial charge in [0.25, 0.3) is 5.69 Å². The van der Waals surface area contributed by atoms with Crippen LogP contribution in [0.3, 0.4) is 0 Å². The first-order valence-electron chi connectivity index (χ1n) is 4.30. The molecule has 0 aliphatic rings. The zero-order valence-corrected chi connectivity index (χ0v) is 9.64. The second-order valence-electron chi connectivity index (χ2n) is 3.22. The highest BCUT2D eigenvalue weighted by Crippen LogP contribution is 2.29. The van der Waals surface area contributed by atoms with Crippen LogP contribution in [0.25, 0.3) is 0 Å². The van der Waals surface area contributed by atoms with E-state index in [9.17, 15) is 18.5 Å². The zero-order chi connectivity index (χ0) is 13.2. The van der Waals surface area contributed by atoms with Crippen molar-refractivity contribution in [2.45, 2.75) is 4.90 Å². The lowest BCUT2D eigenvalue weighted by molar-refractivity contribution is -0.384. The van der Waals surface area contributed by atoms with Crippen LogP contribution in [-0.4, -0.2) is 25.6 Å². The van der Waals surface area contributed by atoms with Crippen LogP contribution in [-0.2, 0) is 9.84 Å². The molecule has 9 heteroatoms. The Morgan fingerprint density at radius 1 is 1.41 bits per heavy atom. The maximum atomic E-state index is 11.2. The summed E-state index contributed by atoms with van der Waals surface area (Å²) >= 11 is 0. The number of guanidine groups is 1. The van der Waals surface area contributed by atoms with Crippen molar-refractivity contribution in [2.24, 2.45) is 16.5 Å². The Kier molecular flexibility index (Phi) is 3.32. The average Bonchev–Trinajstić information content (AvgIpc) is 2.15. The van der Waals surface area contributed by atoms with Gasteiger partial charge in [0.15, 0.2) is 15.8 Å². The minimum Gasteiger partial charge on any atom is -0.370 e. The van der Waals surface area contributed by atoms with Crippen LogP contribution in [0.4, 0.5) is 11.4 Å². The Hall–Kier alpha value is -2.16. The third-order valence-corrected chi connectivity index (χ3v) is 2.93. The molecule has 0 unspecified atom stereocenters. The summed E-state index contributed by atoms with van der Waals surface area (Å²) in [6.45, 7) is 0. The topological polar surface area (TPSA) is 142 Å². The predicted molar refractivity (Wildman–Crippen MR) is 61.7 cm³/mol. The van der Waals surface area contributed by atoms with Gasteiger partial charge in [-0.1, -0.05) is 0 Å². The molecule has 17 heavy (non-hydrogen) atoms. The van der Waals surface area contributed by atoms with Crippen molar-refractivity contribution in [1.82, 2.24) is 0 Å². The van der Waals surface area contributed by atoms with Crippen LogP contribution in [0, 0.1) is 10.1 Å². The van der Waals surface area contributed by atoms with Gasteiger partial charge in [-0.15, -0.1) is 0 Å². The first kappa shape index (κ1) is 12.9. The van der Waals surface area contributed by atoms with Gasteiger partial charge < -0.3 is 11.5 Å². The number of rotatable bonds is 3. The van der Waals surface area contributed by atoms with E-state index in [2.05, 4.69) is 4.99 Å². The van der Waals surface area contributed by atoms with Crippen molar-refractivity contribution in [3.63, 3.8) is 0 Å². The van der Waals surface area contributed by atoms with Gasteiger partial charge in [-0.3, -0.25) is 10.1 Å². The standard InChI is InChI=1S/C8H10N4O4S/c1-17(15,16)5-2-3-6(11-8(9)10)7(4-5)12(13)14/h2-4H,1H3,(H4,9,10,11). The molecular weight excluding hydrogens is 248 g/mol. The van der Waals surface area contributed by atoms with E-state index < -0.39 is 20.4 Å². The molecule has 1 rings (SSSR count). The van der Waals surface area contributed by atoms with E-state index in [0.29, 0.717) is 0 Å². The molecule has 0 aromatic heterocycles. The van der Waals surface area contributed by atoms with E-state index in [0.717, 1.165) is 12.3 Å². The van der Waals surface area contributed by atoms with Gasteiger partial charge in [-0.2, -0.15) is 0 Å². The zero-order valence-electron chi connectivity index (χ0n) is 8.82. The summed E-state index contributed by atoms with van der Waals surface area (Å²) in [5.41, 5.74) is 9.64. The van der Waals surface area contributed by atoms with Crippen molar-refractivity contribution in [2.75, 3.05) is 6.26 Å². The molecule has 0 amide bonds. The van der Waals surface area contributed by atoms with Crippen LogP contribution in [0.5, 0.6) is 0 Å². The summed E-state index contributed by atoms with van der Waals surface area (Å²) < 4.78 is 22.5. The van der Waals surface area contributed by atoms with Gasteiger partial charge in [-0.05, 0) is 12.1 Å². The number of sulfone groups is 1. The lowest BCUT2D eigenvalue weighted by Gasteiger charge is -2.01. The quantitative estimate of drug-likeness (QED) is 0.335. The van der Waals surface area contributed by atoms with Crippen LogP contribution < -0.4 is 11.5 Å². The van der Waals surface area contributed by atoms with Crippen molar-refractivity contribution in [3.05, 3.63) is 28.3 Å². The Balaban J connectivity index is 3.48. The summed E-state index contributed by atoms with van der Waals surface area (Å²) in [7, 11) is -3.52. The van der Waals surface area contributed by atoms with Gasteiger partial charge in [0, 0.05) is 12.3 Å². The van der Waals surface area contributed by atoms with Gasteiger partial charge >= 0.3 is 0 Å². The van der Waals surface area contributed by atoms with Crippen molar-refractivity contribution >= 4 is 27.2 Å². The van der Waals surface area contributed by atoms with Gasteiger partial charge in [0.1, 0.15) is 5.69 Å². The fraction of sp³-hybridized carbons (Fsp3) is 0.125. The second kappa shape index (κ2) is 4.37. The highest BCUT2D eigenvalue weighted by molar-refractivity contribution is 7.90. The summed E-state index contributed by atoms with van der Waals surface area (Å²) in [5, 5.41) is 10.7. The summed E-state index contributed by atoms with van der Waals surface area (Å²) in [5.74, 6) is -0.347. The first-order valence-corrected chi connectivity index (χ1v) is 6.19. The molecule has 0 aliphatic heterocycles. The maximum Gasteiger partial charge on any atom is 0.296 e. The Morgan fingerprint density at radius 3 is 2.41 bits per heavy atom. The molecule has 1 aromatic rings. The van der Waals surface area contributed by atoms with Crippen LogP contribution in [0.15, 0.2) is 28.1 Å². The SMILES string of the molecule is CS(=O)(=O)c1ccc(N=C(N)N)c([N+](=O)[O-])c1. The first-order chi connectivity index (χ1) is 7.71. The molecule has 0 radical (unpaired) electrons. The van der Waals surface area contributed by atoms with Crippen LogP contribution in [0.2, 0.25) is 0 Å². The third-order valence-electron chi connectivity index (χ3n) is 1.82. The fourth-order valence-corrected chi connectivity index (χ4v) is 1.75. The number of nitro groups is 1. The van der Waals surface area contributed by atoms with Crippen molar-refractivity contribution < 1.29 is 13.3 Å². The van der Waals surface area contributed by atoms with Crippen molar-refractivity contribution in [3.8, 4) is 0 Å². The third kappa shape index (κ3) is 3.14. The Labute approximate surface area is 97.0 Å². The molecule has 0 spiro atoms. The number of benzene rings is 1. The smallest absolute Gasteiger partial charge is 0.296 e. The summed E-state index contributed by atoms with van der Waals surface area (Å²) in [6.07, 6.45) is 0.951. The van der Waals surface area contributed by atoms with E-state index in [-0.39, 0.29) is 16.5 Å². The molecule has 8 nitrogen and oxygen atoms in total. The average molecular weight is 258 g/mol. The Bertz CT molecular complexity index is 590. The number of hydrogen-bond acceptors (Lipinski definition) is 5. The lowest BCUT2D eigenvalue weighted by Crippen LogP contribution is -2.22. The number of nitrogens with zero attached hydrogens (tertiary/aromatic N) is 2. The maximum absolute atomic E-state index is 11.2. The molecule has 0 heterocycles. The summed E-state index contributed by atoms with van der Waals surface area (Å²) in [4.78, 5) is 13.4. The van der Waals surface area contributed by atoms with Crippen LogP contribution in [0.1, 0.15) is 0 Å². The minimum atomic E-state index is -3.52. The molecular formula is C8H10N4O4S. The monoisotopic (exact) mass is 258 g/mol. The van der Waals surface area contributed by atoms with Gasteiger partial charge in [0.2, 0.25) is 0 Å². The lowest BCUT2D eigenvalue weighted by atomic mass is 10.3. The van der Waals surface area contributed by atoms with E-state index >= 15 is 0 Å². The van der Waals surface area contributed by atoms with Crippen molar-refractivity contribution in [1.29, 1.82) is 0 Å². The molecule has 0 saturated heterocycles. The molecule has 0 saturated carbocycles. The highest BCUT2D eigenvalue weighted by Gasteiger charge is 2.18. The normalized spacial score (nSPS) is 10.9. The molecule has 0 atom stereocenters. The number of nitrogens with two attached hydrogens (primary N) is 2. The van der Waals surface area contributed by atoms with E-state index in [1.165, 1.54) is 12.1 Å². The molecule has 92 valence electrons. The van der Waals surface area contributed by atoms with Crippen LogP contribution >= 0.6 is 0 Å². The Morgan fingerprint density at radius 2 is 2.00 bits per heavy atom. The van der Waals surface area contributed by atoms with Gasteiger partial charge in [-0.25, -0.2) is 13.4 Å². The number of nitro benzene ring substituents is 1. The molecule has 0 fully saturated rings. The fourth-order valence-electron chi connectivity index (χ4n) is 1.11. The van der Waals surface area contributed by atoms with Gasteiger partial charge in [0.05, 0.1) is 9.82 Å². The molecule has 4 N–H and O–H groups in total. The summed E-state index contributed by atoms with van der Waals surface area (Å²) in [6, 6.07) is 3.29. The van der Waals surface area contributed by atoms with E-state index in [1.54, 1.807) is 0 Å². The minimum absolute atomic E-state index is 0.0950. The number of aliphatic imine (C=N–C) groups is 1. The predicted octanol–water partition coefficient (Wildman–Crippen LogP) is -0.0968. The molecule has 0 aliphatic carbocycles. The number of hydrogen-bond donors (Lipinski definition) is 2. The molecule has 1 aromatic carbocycles. The highest BCUT2D eigenvalue weighted by atomic mass is 32.2. The largest absolute Gasteiger partial charge is 0.370 e. The molecule has 0 bridgehead atoms. The van der Waals surface area contributed by atoms with E-state index in [4.69, 9.17) is 11.5 Å². The second-order valence-corrected chi connectivity index (χ2v) is 5.23.